The summed E-state index contributed by atoms with van der Waals surface area (Å²) in [5.41, 5.74) is 0.106. The molecule has 0 amide bonds. The van der Waals surface area contributed by atoms with Gasteiger partial charge in [0.25, 0.3) is 5.69 Å². The first-order valence-electron chi connectivity index (χ1n) is 10.5. The third kappa shape index (κ3) is 6.13. The summed E-state index contributed by atoms with van der Waals surface area (Å²) in [6.07, 6.45) is 0.964. The second-order valence-electron chi connectivity index (χ2n) is 7.84. The molecule has 1 heterocycles. The first-order chi connectivity index (χ1) is 14.2. The summed E-state index contributed by atoms with van der Waals surface area (Å²) in [4.78, 5) is 13.4. The van der Waals surface area contributed by atoms with Crippen molar-refractivity contribution in [3.8, 4) is 0 Å². The van der Waals surface area contributed by atoms with Gasteiger partial charge in [-0.05, 0) is 37.6 Å². The lowest BCUT2D eigenvalue weighted by Gasteiger charge is -2.31. The highest BCUT2D eigenvalue weighted by molar-refractivity contribution is 7.89. The van der Waals surface area contributed by atoms with Gasteiger partial charge in [-0.1, -0.05) is 27.7 Å². The molecule has 1 aliphatic heterocycles. The molecule has 0 unspecified atom stereocenters. The molecule has 0 aromatic heterocycles. The summed E-state index contributed by atoms with van der Waals surface area (Å²) < 4.78 is 32.2. The van der Waals surface area contributed by atoms with Crippen LogP contribution in [0.15, 0.2) is 23.1 Å². The largest absolute Gasteiger partial charge is 0.379 e. The summed E-state index contributed by atoms with van der Waals surface area (Å²) in [5, 5.41) is 14.9. The zero-order valence-electron chi connectivity index (χ0n) is 18.3. The fourth-order valence-corrected chi connectivity index (χ4v) is 5.21. The highest BCUT2D eigenvalue weighted by atomic mass is 32.2. The van der Waals surface area contributed by atoms with E-state index in [0.717, 1.165) is 25.6 Å². The lowest BCUT2D eigenvalue weighted by atomic mass is 10.0. The normalized spacial score (nSPS) is 16.7. The van der Waals surface area contributed by atoms with Crippen molar-refractivity contribution < 1.29 is 18.1 Å². The lowest BCUT2D eigenvalue weighted by Crippen LogP contribution is -2.41. The zero-order chi connectivity index (χ0) is 22.3. The van der Waals surface area contributed by atoms with Gasteiger partial charge in [0.1, 0.15) is 5.69 Å². The topological polar surface area (TPSA) is 105 Å². The second kappa shape index (κ2) is 11.0. The summed E-state index contributed by atoms with van der Waals surface area (Å²) in [6.45, 7) is 12.0. The number of nitrogens with one attached hydrogen (secondary N) is 1. The summed E-state index contributed by atoms with van der Waals surface area (Å²) in [7, 11) is -3.79. The van der Waals surface area contributed by atoms with Gasteiger partial charge in [-0.3, -0.25) is 15.0 Å². The third-order valence-electron chi connectivity index (χ3n) is 5.37. The van der Waals surface area contributed by atoms with Crippen molar-refractivity contribution in [2.75, 3.05) is 51.3 Å². The Kier molecular flexibility index (Phi) is 9.02. The fraction of sp³-hybridized carbons (Fsp3) is 0.700. The molecule has 10 heteroatoms. The lowest BCUT2D eigenvalue weighted by molar-refractivity contribution is -0.384. The Labute approximate surface area is 179 Å². The van der Waals surface area contributed by atoms with E-state index in [9.17, 15) is 18.5 Å². The molecule has 0 bridgehead atoms. The molecule has 1 aromatic rings. The molecule has 1 aromatic carbocycles. The summed E-state index contributed by atoms with van der Waals surface area (Å²) in [6, 6.07) is 4.33. The number of rotatable bonds is 11. The molecular formula is C20H34N4O5S. The maximum absolute atomic E-state index is 12.8. The SMILES string of the molecule is CCN(CC)[C@@H](CNc1ccc(S(=O)(=O)N2CCOCC2)cc1[N+](=O)[O-])CC(C)C. The van der Waals surface area contributed by atoms with Gasteiger partial charge in [0.05, 0.1) is 23.0 Å². The van der Waals surface area contributed by atoms with Crippen molar-refractivity contribution in [3.05, 3.63) is 28.3 Å². The van der Waals surface area contributed by atoms with Gasteiger partial charge in [0.15, 0.2) is 0 Å². The number of nitro groups is 1. The predicted octanol–water partition coefficient (Wildman–Crippen LogP) is 2.78. The molecule has 170 valence electrons. The average molecular weight is 443 g/mol. The third-order valence-corrected chi connectivity index (χ3v) is 7.27. The van der Waals surface area contributed by atoms with Crippen LogP contribution in [0.3, 0.4) is 0 Å². The molecule has 0 radical (unpaired) electrons. The van der Waals surface area contributed by atoms with Crippen LogP contribution < -0.4 is 5.32 Å². The summed E-state index contributed by atoms with van der Waals surface area (Å²) >= 11 is 0. The number of anilines is 1. The van der Waals surface area contributed by atoms with E-state index in [4.69, 9.17) is 4.74 Å². The number of morpholine rings is 1. The predicted molar refractivity (Wildman–Crippen MR) is 117 cm³/mol. The number of sulfonamides is 1. The van der Waals surface area contributed by atoms with Crippen LogP contribution in [0.2, 0.25) is 0 Å². The number of nitrogens with zero attached hydrogens (tertiary/aromatic N) is 3. The van der Waals surface area contributed by atoms with Gasteiger partial charge in [0, 0.05) is 31.7 Å². The quantitative estimate of drug-likeness (QED) is 0.415. The van der Waals surface area contributed by atoms with Crippen LogP contribution in [-0.4, -0.2) is 74.5 Å². The standard InChI is InChI=1S/C20H34N4O5S/c1-5-22(6-2)17(13-16(3)4)15-21-19-8-7-18(14-20(19)24(25)26)30(27,28)23-9-11-29-12-10-23/h7-8,14,16-17,21H,5-6,9-13,15H2,1-4H3/t17-/m1/s1. The molecule has 2 rings (SSSR count). The van der Waals surface area contributed by atoms with E-state index in [1.54, 1.807) is 0 Å². The minimum atomic E-state index is -3.79. The molecule has 1 aliphatic rings. The van der Waals surface area contributed by atoms with Crippen molar-refractivity contribution in [2.45, 2.75) is 45.1 Å². The maximum atomic E-state index is 12.8. The van der Waals surface area contributed by atoms with Crippen LogP contribution >= 0.6 is 0 Å². The van der Waals surface area contributed by atoms with E-state index in [1.807, 2.05) is 0 Å². The average Bonchev–Trinajstić information content (AvgIpc) is 2.72. The Morgan fingerprint density at radius 2 is 1.87 bits per heavy atom. The Hall–Kier alpha value is -1.75. The van der Waals surface area contributed by atoms with E-state index in [-0.39, 0.29) is 29.7 Å². The van der Waals surface area contributed by atoms with Crippen molar-refractivity contribution in [1.29, 1.82) is 0 Å². The minimum Gasteiger partial charge on any atom is -0.379 e. The Morgan fingerprint density at radius 3 is 2.40 bits per heavy atom. The van der Waals surface area contributed by atoms with Gasteiger partial charge >= 0.3 is 0 Å². The smallest absolute Gasteiger partial charge is 0.293 e. The first kappa shape index (κ1) is 24.5. The number of hydrogen-bond donors (Lipinski definition) is 1. The van der Waals surface area contributed by atoms with E-state index >= 15 is 0 Å². The first-order valence-corrected chi connectivity index (χ1v) is 12.0. The number of ether oxygens (including phenoxy) is 1. The molecule has 1 atom stereocenters. The minimum absolute atomic E-state index is 0.0656. The summed E-state index contributed by atoms with van der Waals surface area (Å²) in [5.74, 6) is 0.494. The highest BCUT2D eigenvalue weighted by Crippen LogP contribution is 2.29. The monoisotopic (exact) mass is 442 g/mol. The van der Waals surface area contributed by atoms with Crippen molar-refractivity contribution in [1.82, 2.24) is 9.21 Å². The Morgan fingerprint density at radius 1 is 1.23 bits per heavy atom. The Balaban J connectivity index is 2.25. The zero-order valence-corrected chi connectivity index (χ0v) is 19.2. The molecule has 1 N–H and O–H groups in total. The van der Waals surface area contributed by atoms with Gasteiger partial charge < -0.3 is 10.1 Å². The molecule has 30 heavy (non-hydrogen) atoms. The molecule has 0 spiro atoms. The van der Waals surface area contributed by atoms with Gasteiger partial charge in [-0.15, -0.1) is 0 Å². The number of benzene rings is 1. The van der Waals surface area contributed by atoms with E-state index in [0.29, 0.717) is 31.4 Å². The fourth-order valence-electron chi connectivity index (χ4n) is 3.78. The Bertz CT molecular complexity index is 805. The number of nitro benzene ring substituents is 1. The van der Waals surface area contributed by atoms with E-state index in [1.165, 1.54) is 16.4 Å². The highest BCUT2D eigenvalue weighted by Gasteiger charge is 2.29. The van der Waals surface area contributed by atoms with Crippen LogP contribution in [0.25, 0.3) is 0 Å². The van der Waals surface area contributed by atoms with Crippen LogP contribution in [0.4, 0.5) is 11.4 Å². The molecule has 9 nitrogen and oxygen atoms in total. The van der Waals surface area contributed by atoms with Crippen molar-refractivity contribution in [3.63, 3.8) is 0 Å². The molecular weight excluding hydrogens is 408 g/mol. The maximum Gasteiger partial charge on any atom is 0.293 e. The van der Waals surface area contributed by atoms with Crippen LogP contribution in [0, 0.1) is 16.0 Å². The van der Waals surface area contributed by atoms with Crippen molar-refractivity contribution >= 4 is 21.4 Å². The molecule has 1 fully saturated rings. The second-order valence-corrected chi connectivity index (χ2v) is 9.78. The molecule has 0 saturated carbocycles. The van der Waals surface area contributed by atoms with E-state index in [2.05, 4.69) is 37.9 Å². The molecule has 1 saturated heterocycles. The van der Waals surface area contributed by atoms with Gasteiger partial charge in [0.2, 0.25) is 10.0 Å². The van der Waals surface area contributed by atoms with Gasteiger partial charge in [-0.25, -0.2) is 8.42 Å². The number of likely N-dealkylation sites (N-methyl/N-ethyl adjacent to an activating group) is 1. The van der Waals surface area contributed by atoms with E-state index < -0.39 is 14.9 Å². The van der Waals surface area contributed by atoms with Crippen LogP contribution in [-0.2, 0) is 14.8 Å². The number of hydrogen-bond acceptors (Lipinski definition) is 7. The van der Waals surface area contributed by atoms with Crippen LogP contribution in [0.1, 0.15) is 34.1 Å². The molecule has 0 aliphatic carbocycles. The van der Waals surface area contributed by atoms with Crippen LogP contribution in [0.5, 0.6) is 0 Å². The van der Waals surface area contributed by atoms with Gasteiger partial charge in [-0.2, -0.15) is 4.31 Å². The van der Waals surface area contributed by atoms with Crippen molar-refractivity contribution in [2.24, 2.45) is 5.92 Å².